The van der Waals surface area contributed by atoms with Gasteiger partial charge < -0.3 is 4.74 Å². The zero-order valence-corrected chi connectivity index (χ0v) is 10.0. The van der Waals surface area contributed by atoms with Crippen LogP contribution in [0.1, 0.15) is 24.5 Å². The van der Waals surface area contributed by atoms with Crippen LogP contribution in [0.25, 0.3) is 5.65 Å². The molecule has 3 heterocycles. The summed E-state index contributed by atoms with van der Waals surface area (Å²) < 4.78 is 6.90. The van der Waals surface area contributed by atoms with Crippen molar-refractivity contribution in [3.8, 4) is 0 Å². The van der Waals surface area contributed by atoms with Crippen molar-refractivity contribution in [2.75, 3.05) is 13.2 Å². The van der Waals surface area contributed by atoms with Crippen molar-refractivity contribution in [1.82, 2.24) is 14.6 Å². The molecule has 0 aromatic carbocycles. The van der Waals surface area contributed by atoms with Crippen LogP contribution in [0.3, 0.4) is 0 Å². The third-order valence-corrected chi connectivity index (χ3v) is 3.38. The fourth-order valence-electron chi connectivity index (χ4n) is 2.16. The lowest BCUT2D eigenvalue weighted by molar-refractivity contribution is 0.0845. The van der Waals surface area contributed by atoms with E-state index in [1.807, 2.05) is 6.07 Å². The van der Waals surface area contributed by atoms with Crippen molar-refractivity contribution in [3.63, 3.8) is 0 Å². The Labute approximate surface area is 105 Å². The van der Waals surface area contributed by atoms with Crippen LogP contribution in [0.15, 0.2) is 12.3 Å². The zero-order chi connectivity index (χ0) is 11.8. The Hall–Kier alpha value is -1.07. The summed E-state index contributed by atoms with van der Waals surface area (Å²) in [5.41, 5.74) is 2.18. The van der Waals surface area contributed by atoms with Gasteiger partial charge in [-0.25, -0.2) is 9.50 Å². The van der Waals surface area contributed by atoms with Crippen LogP contribution < -0.4 is 5.46 Å². The van der Waals surface area contributed by atoms with Crippen molar-refractivity contribution in [2.45, 2.75) is 18.8 Å². The maximum Gasteiger partial charge on any atom is 0.149 e. The van der Waals surface area contributed by atoms with Gasteiger partial charge in [0, 0.05) is 31.0 Å². The van der Waals surface area contributed by atoms with E-state index >= 15 is 0 Å². The molecule has 2 radical (unpaired) electrons. The van der Waals surface area contributed by atoms with Crippen LogP contribution in [0, 0.1) is 0 Å². The molecule has 86 valence electrons. The van der Waals surface area contributed by atoms with Crippen LogP contribution in [0.4, 0.5) is 0 Å². The highest BCUT2D eigenvalue weighted by molar-refractivity contribution is 6.36. The van der Waals surface area contributed by atoms with E-state index in [4.69, 9.17) is 24.2 Å². The Morgan fingerprint density at radius 1 is 1.41 bits per heavy atom. The largest absolute Gasteiger partial charge is 0.381 e. The Bertz CT molecular complexity index is 551. The summed E-state index contributed by atoms with van der Waals surface area (Å²) in [6.07, 6.45) is 3.53. The average Bonchev–Trinajstić information content (AvgIpc) is 2.73. The van der Waals surface area contributed by atoms with Gasteiger partial charge >= 0.3 is 0 Å². The Morgan fingerprint density at radius 2 is 2.18 bits per heavy atom. The van der Waals surface area contributed by atoms with Gasteiger partial charge in [0.15, 0.2) is 0 Å². The molecule has 0 unspecified atom stereocenters. The lowest BCUT2D eigenvalue weighted by atomic mass is 9.96. The summed E-state index contributed by atoms with van der Waals surface area (Å²) in [7, 11) is 5.81. The normalized spacial score (nSPS) is 17.7. The summed E-state index contributed by atoms with van der Waals surface area (Å²) in [4.78, 5) is 4.55. The average molecular weight is 247 g/mol. The van der Waals surface area contributed by atoms with Crippen LogP contribution in [-0.2, 0) is 4.74 Å². The summed E-state index contributed by atoms with van der Waals surface area (Å²) in [5, 5.41) is 4.63. The van der Waals surface area contributed by atoms with Crippen molar-refractivity contribution in [2.24, 2.45) is 0 Å². The van der Waals surface area contributed by atoms with Gasteiger partial charge in [-0.2, -0.15) is 5.10 Å². The maximum atomic E-state index is 6.17. The van der Waals surface area contributed by atoms with Crippen LogP contribution in [0.2, 0.25) is 5.15 Å². The quantitative estimate of drug-likeness (QED) is 0.559. The molecule has 1 fully saturated rings. The molecule has 4 nitrogen and oxygen atoms in total. The van der Waals surface area contributed by atoms with Crippen LogP contribution in [0.5, 0.6) is 0 Å². The predicted octanol–water partition coefficient (Wildman–Crippen LogP) is 1.07. The number of rotatable bonds is 1. The number of aromatic nitrogens is 3. The third kappa shape index (κ3) is 1.94. The molecule has 0 bridgehead atoms. The minimum atomic E-state index is 0.403. The summed E-state index contributed by atoms with van der Waals surface area (Å²) in [6, 6.07) is 1.87. The highest BCUT2D eigenvalue weighted by Gasteiger charge is 2.19. The molecular formula is C11H11BClN3O. The first kappa shape index (κ1) is 11.0. The van der Waals surface area contributed by atoms with E-state index in [-0.39, 0.29) is 0 Å². The number of halogens is 1. The summed E-state index contributed by atoms with van der Waals surface area (Å²) >= 11 is 6.17. The number of ether oxygens (including phenoxy) is 1. The van der Waals surface area contributed by atoms with Gasteiger partial charge in [0.05, 0.1) is 0 Å². The molecular weight excluding hydrogens is 236 g/mol. The van der Waals surface area contributed by atoms with Crippen LogP contribution >= 0.6 is 11.6 Å². The highest BCUT2D eigenvalue weighted by atomic mass is 35.5. The van der Waals surface area contributed by atoms with Gasteiger partial charge in [-0.15, -0.1) is 0 Å². The summed E-state index contributed by atoms with van der Waals surface area (Å²) in [6.45, 7) is 1.56. The molecule has 0 N–H and O–H groups in total. The maximum absolute atomic E-state index is 6.17. The second-order valence-corrected chi connectivity index (χ2v) is 4.61. The third-order valence-electron chi connectivity index (χ3n) is 3.12. The van der Waals surface area contributed by atoms with E-state index in [2.05, 4.69) is 10.1 Å². The van der Waals surface area contributed by atoms with E-state index in [1.54, 1.807) is 10.7 Å². The SMILES string of the molecule is [B]c1cnn2c(Cl)cc(C3CCOCC3)nc12. The molecule has 1 aliphatic rings. The minimum Gasteiger partial charge on any atom is -0.381 e. The molecule has 2 aromatic rings. The lowest BCUT2D eigenvalue weighted by Gasteiger charge is -2.21. The predicted molar refractivity (Wildman–Crippen MR) is 66.2 cm³/mol. The van der Waals surface area contributed by atoms with E-state index in [0.29, 0.717) is 22.2 Å². The van der Waals surface area contributed by atoms with Gasteiger partial charge in [-0.05, 0) is 24.4 Å². The molecule has 2 aromatic heterocycles. The topological polar surface area (TPSA) is 39.4 Å². The van der Waals surface area contributed by atoms with Gasteiger partial charge in [0.1, 0.15) is 18.6 Å². The van der Waals surface area contributed by atoms with Crippen LogP contribution in [-0.4, -0.2) is 35.7 Å². The molecule has 0 aliphatic carbocycles. The van der Waals surface area contributed by atoms with Gasteiger partial charge in [-0.1, -0.05) is 11.6 Å². The van der Waals surface area contributed by atoms with Crippen molar-refractivity contribution < 1.29 is 4.74 Å². The second-order valence-electron chi connectivity index (χ2n) is 4.23. The molecule has 0 amide bonds. The first-order chi connectivity index (χ1) is 8.25. The van der Waals surface area contributed by atoms with E-state index in [0.717, 1.165) is 31.7 Å². The fourth-order valence-corrected chi connectivity index (χ4v) is 2.40. The van der Waals surface area contributed by atoms with Crippen molar-refractivity contribution in [3.05, 3.63) is 23.1 Å². The Balaban J connectivity index is 2.07. The van der Waals surface area contributed by atoms with E-state index < -0.39 is 0 Å². The van der Waals surface area contributed by atoms with Crippen molar-refractivity contribution >= 4 is 30.6 Å². The number of hydrogen-bond donors (Lipinski definition) is 0. The lowest BCUT2D eigenvalue weighted by Crippen LogP contribution is -2.16. The molecule has 6 heteroatoms. The number of fused-ring (bicyclic) bond motifs is 1. The molecule has 17 heavy (non-hydrogen) atoms. The molecule has 0 saturated carbocycles. The van der Waals surface area contributed by atoms with E-state index in [9.17, 15) is 0 Å². The number of hydrogen-bond acceptors (Lipinski definition) is 3. The standard InChI is InChI=1S/C11H11BClN3O/c12-8-6-14-16-10(13)5-9(15-11(8)16)7-1-3-17-4-2-7/h5-7H,1-4H2. The zero-order valence-electron chi connectivity index (χ0n) is 9.27. The smallest absolute Gasteiger partial charge is 0.149 e. The van der Waals surface area contributed by atoms with E-state index in [1.165, 1.54) is 0 Å². The summed E-state index contributed by atoms with van der Waals surface area (Å²) in [5.74, 6) is 0.403. The Kier molecular flexibility index (Phi) is 2.80. The first-order valence-corrected chi connectivity index (χ1v) is 6.01. The van der Waals surface area contributed by atoms with Gasteiger partial charge in [-0.3, -0.25) is 0 Å². The molecule has 1 aliphatic heterocycles. The number of nitrogens with zero attached hydrogens (tertiary/aromatic N) is 3. The van der Waals surface area contributed by atoms with Gasteiger partial charge in [0.25, 0.3) is 0 Å². The molecule has 0 spiro atoms. The fraction of sp³-hybridized carbons (Fsp3) is 0.455. The Morgan fingerprint density at radius 3 is 2.94 bits per heavy atom. The van der Waals surface area contributed by atoms with Gasteiger partial charge in [0.2, 0.25) is 0 Å². The molecule has 1 saturated heterocycles. The monoisotopic (exact) mass is 247 g/mol. The molecule has 3 rings (SSSR count). The minimum absolute atomic E-state index is 0.403. The molecule has 0 atom stereocenters. The highest BCUT2D eigenvalue weighted by Crippen LogP contribution is 2.27. The first-order valence-electron chi connectivity index (χ1n) is 5.63. The second kappa shape index (κ2) is 4.31. The van der Waals surface area contributed by atoms with Crippen molar-refractivity contribution in [1.29, 1.82) is 0 Å².